The summed E-state index contributed by atoms with van der Waals surface area (Å²) >= 11 is 0. The van der Waals surface area contributed by atoms with Crippen LogP contribution in [0.3, 0.4) is 0 Å². The van der Waals surface area contributed by atoms with Gasteiger partial charge in [0.05, 0.1) is 0 Å². The van der Waals surface area contributed by atoms with Gasteiger partial charge in [0.15, 0.2) is 0 Å². The predicted octanol–water partition coefficient (Wildman–Crippen LogP) is 6.79. The zero-order chi connectivity index (χ0) is 20.2. The molecule has 29 heavy (non-hydrogen) atoms. The van der Waals surface area contributed by atoms with E-state index < -0.39 is 0 Å². The van der Waals surface area contributed by atoms with Gasteiger partial charge in [-0.05, 0) is 53.9 Å². The van der Waals surface area contributed by atoms with Crippen molar-refractivity contribution in [2.24, 2.45) is 0 Å². The Balaban J connectivity index is 1.65. The molecule has 0 saturated carbocycles. The van der Waals surface area contributed by atoms with E-state index in [2.05, 4.69) is 49.5 Å². The minimum atomic E-state index is -0.247. The highest BCUT2D eigenvalue weighted by Gasteiger charge is 2.11. The SMILES string of the molecule is Cc1cccc(NCc2c(OCc3ccccc3F)ccc3ccccc23)c1C. The molecule has 0 atom stereocenters. The Morgan fingerprint density at radius 1 is 0.828 bits per heavy atom. The fourth-order valence-corrected chi connectivity index (χ4v) is 3.53. The van der Waals surface area contributed by atoms with E-state index in [1.807, 2.05) is 30.3 Å². The summed E-state index contributed by atoms with van der Waals surface area (Å²) in [5.41, 5.74) is 5.22. The lowest BCUT2D eigenvalue weighted by Gasteiger charge is -2.17. The number of hydrogen-bond donors (Lipinski definition) is 1. The van der Waals surface area contributed by atoms with Crippen LogP contribution in [0.25, 0.3) is 10.8 Å². The number of benzene rings is 4. The molecule has 0 bridgehead atoms. The number of anilines is 1. The third-order valence-corrected chi connectivity index (χ3v) is 5.40. The summed E-state index contributed by atoms with van der Waals surface area (Å²) in [4.78, 5) is 0. The van der Waals surface area contributed by atoms with Crippen molar-refractivity contribution in [1.82, 2.24) is 0 Å². The number of aryl methyl sites for hydroxylation is 1. The van der Waals surface area contributed by atoms with Crippen molar-refractivity contribution < 1.29 is 9.13 Å². The molecule has 1 N–H and O–H groups in total. The van der Waals surface area contributed by atoms with Crippen molar-refractivity contribution in [3.05, 3.63) is 107 Å². The van der Waals surface area contributed by atoms with Crippen LogP contribution in [0, 0.1) is 19.7 Å². The summed E-state index contributed by atoms with van der Waals surface area (Å²) in [6, 6.07) is 25.3. The molecule has 4 aromatic rings. The first kappa shape index (κ1) is 19.0. The highest BCUT2D eigenvalue weighted by atomic mass is 19.1. The van der Waals surface area contributed by atoms with E-state index in [1.165, 1.54) is 17.2 Å². The Morgan fingerprint density at radius 3 is 2.48 bits per heavy atom. The van der Waals surface area contributed by atoms with Crippen molar-refractivity contribution in [2.75, 3.05) is 5.32 Å². The summed E-state index contributed by atoms with van der Waals surface area (Å²) in [5.74, 6) is 0.521. The molecular formula is C26H24FNO. The highest BCUT2D eigenvalue weighted by Crippen LogP contribution is 2.30. The summed E-state index contributed by atoms with van der Waals surface area (Å²) in [7, 11) is 0. The molecule has 0 spiro atoms. The molecule has 0 amide bonds. The summed E-state index contributed by atoms with van der Waals surface area (Å²) in [6.07, 6.45) is 0. The second-order valence-electron chi connectivity index (χ2n) is 7.24. The molecule has 0 unspecified atom stereocenters. The molecule has 4 rings (SSSR count). The van der Waals surface area contributed by atoms with E-state index in [0.29, 0.717) is 12.1 Å². The number of nitrogens with one attached hydrogen (secondary N) is 1. The molecule has 0 aliphatic rings. The smallest absolute Gasteiger partial charge is 0.129 e. The van der Waals surface area contributed by atoms with Gasteiger partial charge in [0, 0.05) is 23.4 Å². The van der Waals surface area contributed by atoms with Crippen LogP contribution >= 0.6 is 0 Å². The summed E-state index contributed by atoms with van der Waals surface area (Å²) < 4.78 is 20.1. The van der Waals surface area contributed by atoms with Crippen molar-refractivity contribution in [2.45, 2.75) is 27.0 Å². The van der Waals surface area contributed by atoms with Gasteiger partial charge in [0.2, 0.25) is 0 Å². The predicted molar refractivity (Wildman–Crippen MR) is 118 cm³/mol. The standard InChI is InChI=1S/C26H24FNO/c1-18-8-7-13-25(19(18)2)28-16-23-22-11-5-3-9-20(22)14-15-26(23)29-17-21-10-4-6-12-24(21)27/h3-15,28H,16-17H2,1-2H3. The molecule has 0 heterocycles. The van der Waals surface area contributed by atoms with Crippen molar-refractivity contribution in [3.63, 3.8) is 0 Å². The molecule has 0 aliphatic carbocycles. The lowest BCUT2D eigenvalue weighted by Crippen LogP contribution is -2.06. The van der Waals surface area contributed by atoms with Gasteiger partial charge in [-0.3, -0.25) is 0 Å². The Morgan fingerprint density at radius 2 is 1.62 bits per heavy atom. The van der Waals surface area contributed by atoms with Gasteiger partial charge in [-0.15, -0.1) is 0 Å². The molecule has 0 radical (unpaired) electrons. The Bertz CT molecular complexity index is 1150. The van der Waals surface area contributed by atoms with E-state index in [1.54, 1.807) is 12.1 Å². The molecular weight excluding hydrogens is 361 g/mol. The Hall–Kier alpha value is -3.33. The van der Waals surface area contributed by atoms with Crippen LogP contribution in [-0.4, -0.2) is 0 Å². The lowest BCUT2D eigenvalue weighted by molar-refractivity contribution is 0.297. The van der Waals surface area contributed by atoms with E-state index >= 15 is 0 Å². The molecule has 0 saturated heterocycles. The van der Waals surface area contributed by atoms with Gasteiger partial charge >= 0.3 is 0 Å². The number of hydrogen-bond acceptors (Lipinski definition) is 2. The minimum absolute atomic E-state index is 0.196. The Labute approximate surface area is 171 Å². The van der Waals surface area contributed by atoms with Crippen LogP contribution < -0.4 is 10.1 Å². The van der Waals surface area contributed by atoms with Crippen LogP contribution in [-0.2, 0) is 13.2 Å². The maximum absolute atomic E-state index is 14.0. The third kappa shape index (κ3) is 4.09. The number of halogens is 1. The van der Waals surface area contributed by atoms with Gasteiger partial charge < -0.3 is 10.1 Å². The van der Waals surface area contributed by atoms with Crippen LogP contribution in [0.2, 0.25) is 0 Å². The van der Waals surface area contributed by atoms with Gasteiger partial charge in [0.1, 0.15) is 18.2 Å². The normalized spacial score (nSPS) is 10.9. The van der Waals surface area contributed by atoms with Gasteiger partial charge in [-0.1, -0.05) is 60.7 Å². The molecule has 0 aliphatic heterocycles. The average molecular weight is 385 g/mol. The molecule has 0 aromatic heterocycles. The second kappa shape index (κ2) is 8.36. The van der Waals surface area contributed by atoms with E-state index in [0.717, 1.165) is 27.8 Å². The average Bonchev–Trinajstić information content (AvgIpc) is 2.74. The second-order valence-corrected chi connectivity index (χ2v) is 7.24. The molecule has 146 valence electrons. The van der Waals surface area contributed by atoms with Crippen molar-refractivity contribution >= 4 is 16.5 Å². The molecule has 4 aromatic carbocycles. The lowest BCUT2D eigenvalue weighted by atomic mass is 10.0. The van der Waals surface area contributed by atoms with E-state index in [9.17, 15) is 4.39 Å². The first-order chi connectivity index (χ1) is 14.1. The van der Waals surface area contributed by atoms with E-state index in [4.69, 9.17) is 4.74 Å². The summed E-state index contributed by atoms with van der Waals surface area (Å²) in [6.45, 7) is 5.05. The first-order valence-corrected chi connectivity index (χ1v) is 9.80. The van der Waals surface area contributed by atoms with Crippen LogP contribution in [0.1, 0.15) is 22.3 Å². The number of ether oxygens (including phenoxy) is 1. The van der Waals surface area contributed by atoms with E-state index in [-0.39, 0.29) is 12.4 Å². The van der Waals surface area contributed by atoms with Gasteiger partial charge in [-0.2, -0.15) is 0 Å². The summed E-state index contributed by atoms with van der Waals surface area (Å²) in [5, 5.41) is 5.85. The van der Waals surface area contributed by atoms with Crippen LogP contribution in [0.4, 0.5) is 10.1 Å². The largest absolute Gasteiger partial charge is 0.488 e. The molecule has 2 nitrogen and oxygen atoms in total. The van der Waals surface area contributed by atoms with Crippen LogP contribution in [0.15, 0.2) is 78.9 Å². The monoisotopic (exact) mass is 385 g/mol. The molecule has 0 fully saturated rings. The molecule has 3 heteroatoms. The quantitative estimate of drug-likeness (QED) is 0.395. The maximum atomic E-state index is 14.0. The first-order valence-electron chi connectivity index (χ1n) is 9.80. The van der Waals surface area contributed by atoms with Gasteiger partial charge in [0.25, 0.3) is 0 Å². The van der Waals surface area contributed by atoms with Crippen molar-refractivity contribution in [3.8, 4) is 5.75 Å². The topological polar surface area (TPSA) is 21.3 Å². The fraction of sp³-hybridized carbons (Fsp3) is 0.154. The minimum Gasteiger partial charge on any atom is -0.488 e. The van der Waals surface area contributed by atoms with Crippen LogP contribution in [0.5, 0.6) is 5.75 Å². The third-order valence-electron chi connectivity index (χ3n) is 5.40. The highest BCUT2D eigenvalue weighted by molar-refractivity contribution is 5.88. The zero-order valence-corrected chi connectivity index (χ0v) is 16.7. The number of fused-ring (bicyclic) bond motifs is 1. The Kier molecular flexibility index (Phi) is 5.48. The maximum Gasteiger partial charge on any atom is 0.129 e. The van der Waals surface area contributed by atoms with Crippen molar-refractivity contribution in [1.29, 1.82) is 0 Å². The zero-order valence-electron chi connectivity index (χ0n) is 16.7. The van der Waals surface area contributed by atoms with Gasteiger partial charge in [-0.25, -0.2) is 4.39 Å². The fourth-order valence-electron chi connectivity index (χ4n) is 3.53. The number of rotatable bonds is 6.